The Balaban J connectivity index is 1.65. The number of ether oxygens (including phenoxy) is 2. The van der Waals surface area contributed by atoms with E-state index in [-0.39, 0.29) is 5.41 Å². The predicted octanol–water partition coefficient (Wildman–Crippen LogP) is 3.95. The highest BCUT2D eigenvalue weighted by molar-refractivity contribution is 5.33. The summed E-state index contributed by atoms with van der Waals surface area (Å²) in [5.41, 5.74) is 2.79. The van der Waals surface area contributed by atoms with Gasteiger partial charge in [0.2, 0.25) is 0 Å². The van der Waals surface area contributed by atoms with Crippen molar-refractivity contribution < 1.29 is 9.47 Å². The van der Waals surface area contributed by atoms with Crippen molar-refractivity contribution >= 4 is 0 Å². The molecular formula is C22H30N2O2. The molecular weight excluding hydrogens is 324 g/mol. The third-order valence-corrected chi connectivity index (χ3v) is 5.38. The molecule has 1 aromatic carbocycles. The van der Waals surface area contributed by atoms with Crippen molar-refractivity contribution in [3.05, 3.63) is 59.9 Å². The van der Waals surface area contributed by atoms with Gasteiger partial charge in [0.25, 0.3) is 0 Å². The zero-order chi connectivity index (χ0) is 18.2. The average Bonchev–Trinajstić information content (AvgIpc) is 3.09. The molecule has 0 aliphatic carbocycles. The third-order valence-electron chi connectivity index (χ3n) is 5.38. The maximum absolute atomic E-state index is 5.89. The Kier molecular flexibility index (Phi) is 6.64. The molecule has 0 unspecified atom stereocenters. The highest BCUT2D eigenvalue weighted by Crippen LogP contribution is 2.37. The van der Waals surface area contributed by atoms with E-state index in [1.165, 1.54) is 17.5 Å². The van der Waals surface area contributed by atoms with Crippen molar-refractivity contribution in [1.82, 2.24) is 9.88 Å². The van der Waals surface area contributed by atoms with Crippen LogP contribution in [0.5, 0.6) is 5.75 Å². The Bertz CT molecular complexity index is 677. The normalized spacial score (nSPS) is 20.4. The minimum Gasteiger partial charge on any atom is -0.496 e. The third kappa shape index (κ3) is 4.83. The molecule has 1 aromatic heterocycles. The topological polar surface area (TPSA) is 34.6 Å². The minimum atomic E-state index is 0.221. The molecule has 1 aliphatic heterocycles. The SMILES string of the molecule is CCOC[C@]1(CCc2ccccc2OC)CCN(Cc2cccnc2)C1. The molecule has 26 heavy (non-hydrogen) atoms. The molecule has 1 aliphatic rings. The zero-order valence-corrected chi connectivity index (χ0v) is 16.0. The van der Waals surface area contributed by atoms with Crippen LogP contribution in [-0.4, -0.2) is 43.3 Å². The fourth-order valence-corrected chi connectivity index (χ4v) is 3.93. The van der Waals surface area contributed by atoms with Crippen molar-refractivity contribution in [2.24, 2.45) is 5.41 Å². The number of hydrogen-bond acceptors (Lipinski definition) is 4. The van der Waals surface area contributed by atoms with E-state index < -0.39 is 0 Å². The molecule has 0 saturated carbocycles. The van der Waals surface area contributed by atoms with Crippen molar-refractivity contribution in [2.75, 3.05) is 33.4 Å². The zero-order valence-electron chi connectivity index (χ0n) is 16.0. The van der Waals surface area contributed by atoms with Gasteiger partial charge in [0.05, 0.1) is 13.7 Å². The molecule has 4 nitrogen and oxygen atoms in total. The van der Waals surface area contributed by atoms with Crippen LogP contribution in [0.4, 0.5) is 0 Å². The maximum atomic E-state index is 5.89. The van der Waals surface area contributed by atoms with E-state index in [1.54, 1.807) is 7.11 Å². The monoisotopic (exact) mass is 354 g/mol. The summed E-state index contributed by atoms with van der Waals surface area (Å²) in [6.07, 6.45) is 7.13. The standard InChI is InChI=1S/C22H30N2O2/c1-3-26-18-22(11-10-20-8-4-5-9-21(20)25-2)12-14-24(17-22)16-19-7-6-13-23-15-19/h4-9,13,15H,3,10-12,14,16-18H2,1-2H3/t22-/m1/s1. The summed E-state index contributed by atoms with van der Waals surface area (Å²) in [4.78, 5) is 6.78. The van der Waals surface area contributed by atoms with Gasteiger partial charge in [-0.3, -0.25) is 9.88 Å². The summed E-state index contributed by atoms with van der Waals surface area (Å²) in [5, 5.41) is 0. The number of aromatic nitrogens is 1. The summed E-state index contributed by atoms with van der Waals surface area (Å²) >= 11 is 0. The van der Waals surface area contributed by atoms with Crippen molar-refractivity contribution in [2.45, 2.75) is 32.7 Å². The number of methoxy groups -OCH3 is 1. The Morgan fingerprint density at radius 1 is 1.19 bits per heavy atom. The smallest absolute Gasteiger partial charge is 0.122 e. The Hall–Kier alpha value is -1.91. The van der Waals surface area contributed by atoms with Gasteiger partial charge in [0.1, 0.15) is 5.75 Å². The molecule has 1 fully saturated rings. The van der Waals surface area contributed by atoms with Gasteiger partial charge in [0.15, 0.2) is 0 Å². The molecule has 4 heteroatoms. The van der Waals surface area contributed by atoms with Gasteiger partial charge in [-0.2, -0.15) is 0 Å². The number of aryl methyl sites for hydroxylation is 1. The average molecular weight is 354 g/mol. The Labute approximate surface area is 157 Å². The fraction of sp³-hybridized carbons (Fsp3) is 0.500. The molecule has 140 valence electrons. The second kappa shape index (κ2) is 9.15. The van der Waals surface area contributed by atoms with Crippen LogP contribution in [0.2, 0.25) is 0 Å². The van der Waals surface area contributed by atoms with Gasteiger partial charge < -0.3 is 9.47 Å². The second-order valence-electron chi connectivity index (χ2n) is 7.27. The summed E-state index contributed by atoms with van der Waals surface area (Å²) < 4.78 is 11.4. The van der Waals surface area contributed by atoms with Crippen molar-refractivity contribution in [3.8, 4) is 5.75 Å². The largest absolute Gasteiger partial charge is 0.496 e. The van der Waals surface area contributed by atoms with Crippen LogP contribution in [0.3, 0.4) is 0 Å². The molecule has 3 rings (SSSR count). The van der Waals surface area contributed by atoms with Crippen LogP contribution >= 0.6 is 0 Å². The number of para-hydroxylation sites is 1. The van der Waals surface area contributed by atoms with E-state index in [0.29, 0.717) is 0 Å². The lowest BCUT2D eigenvalue weighted by atomic mass is 9.82. The number of benzene rings is 1. The van der Waals surface area contributed by atoms with E-state index in [4.69, 9.17) is 9.47 Å². The number of pyridine rings is 1. The van der Waals surface area contributed by atoms with E-state index >= 15 is 0 Å². The first-order valence-electron chi connectivity index (χ1n) is 9.55. The van der Waals surface area contributed by atoms with Crippen LogP contribution in [0, 0.1) is 5.41 Å². The molecule has 0 radical (unpaired) electrons. The summed E-state index contributed by atoms with van der Waals surface area (Å²) in [6, 6.07) is 12.5. The lowest BCUT2D eigenvalue weighted by molar-refractivity contribution is 0.0488. The van der Waals surface area contributed by atoms with Gasteiger partial charge in [-0.05, 0) is 56.0 Å². The quantitative estimate of drug-likeness (QED) is 0.683. The summed E-state index contributed by atoms with van der Waals surface area (Å²) in [6.45, 7) is 6.86. The minimum absolute atomic E-state index is 0.221. The van der Waals surface area contributed by atoms with Crippen molar-refractivity contribution in [1.29, 1.82) is 0 Å². The van der Waals surface area contributed by atoms with Crippen LogP contribution in [0.15, 0.2) is 48.8 Å². The first-order valence-corrected chi connectivity index (χ1v) is 9.55. The number of likely N-dealkylation sites (tertiary alicyclic amines) is 1. The molecule has 0 N–H and O–H groups in total. The molecule has 0 spiro atoms. The van der Waals surface area contributed by atoms with Crippen LogP contribution < -0.4 is 4.74 Å². The highest BCUT2D eigenvalue weighted by atomic mass is 16.5. The number of nitrogens with zero attached hydrogens (tertiary/aromatic N) is 2. The van der Waals surface area contributed by atoms with Crippen molar-refractivity contribution in [3.63, 3.8) is 0 Å². The number of hydrogen-bond donors (Lipinski definition) is 0. The Morgan fingerprint density at radius 2 is 2.08 bits per heavy atom. The maximum Gasteiger partial charge on any atom is 0.122 e. The first-order chi connectivity index (χ1) is 12.7. The van der Waals surface area contributed by atoms with Crippen LogP contribution in [0.1, 0.15) is 30.9 Å². The van der Waals surface area contributed by atoms with Crippen LogP contribution in [0.25, 0.3) is 0 Å². The van der Waals surface area contributed by atoms with Crippen LogP contribution in [-0.2, 0) is 17.7 Å². The lowest BCUT2D eigenvalue weighted by Crippen LogP contribution is -2.32. The van der Waals surface area contributed by atoms with E-state index in [2.05, 4.69) is 35.0 Å². The summed E-state index contributed by atoms with van der Waals surface area (Å²) in [5.74, 6) is 0.990. The highest BCUT2D eigenvalue weighted by Gasteiger charge is 2.38. The first kappa shape index (κ1) is 18.9. The molecule has 2 aromatic rings. The Morgan fingerprint density at radius 3 is 2.85 bits per heavy atom. The summed E-state index contributed by atoms with van der Waals surface area (Å²) in [7, 11) is 1.75. The molecule has 1 atom stereocenters. The fourth-order valence-electron chi connectivity index (χ4n) is 3.93. The molecule has 2 heterocycles. The van der Waals surface area contributed by atoms with Gasteiger partial charge in [0, 0.05) is 37.5 Å². The van der Waals surface area contributed by atoms with Gasteiger partial charge in [-0.1, -0.05) is 24.3 Å². The number of rotatable bonds is 9. The second-order valence-corrected chi connectivity index (χ2v) is 7.27. The van der Waals surface area contributed by atoms with Gasteiger partial charge in [-0.15, -0.1) is 0 Å². The lowest BCUT2D eigenvalue weighted by Gasteiger charge is -2.29. The van der Waals surface area contributed by atoms with E-state index in [0.717, 1.165) is 51.4 Å². The van der Waals surface area contributed by atoms with Gasteiger partial charge >= 0.3 is 0 Å². The predicted molar refractivity (Wildman–Crippen MR) is 104 cm³/mol. The van der Waals surface area contributed by atoms with E-state index in [9.17, 15) is 0 Å². The molecule has 0 bridgehead atoms. The molecule has 0 amide bonds. The van der Waals surface area contributed by atoms with E-state index in [1.807, 2.05) is 30.6 Å². The van der Waals surface area contributed by atoms with Gasteiger partial charge in [-0.25, -0.2) is 0 Å². The molecule has 1 saturated heterocycles.